The third kappa shape index (κ3) is 4.61. The maximum Gasteiger partial charge on any atom is 0.274 e. The zero-order chi connectivity index (χ0) is 25.2. The summed E-state index contributed by atoms with van der Waals surface area (Å²) in [7, 11) is 1.81. The topological polar surface area (TPSA) is 113 Å². The summed E-state index contributed by atoms with van der Waals surface area (Å²) in [6.07, 6.45) is 5.31. The number of nitrogens with zero attached hydrogens (tertiary/aromatic N) is 6. The number of hydrogen-bond donors (Lipinski definition) is 2. The second kappa shape index (κ2) is 10.4. The third-order valence-electron chi connectivity index (χ3n) is 6.69. The van der Waals surface area contributed by atoms with Crippen LogP contribution in [0, 0.1) is 0 Å². The number of amides is 1. The third-order valence-corrected chi connectivity index (χ3v) is 7.22. The number of carbonyl (C=O) groups excluding carboxylic acids is 1. The number of benzene rings is 2. The fourth-order valence-electron chi connectivity index (χ4n) is 4.76. The minimum atomic E-state index is -0.368. The molecule has 1 aliphatic rings. The molecule has 0 radical (unpaired) electrons. The van der Waals surface area contributed by atoms with Crippen molar-refractivity contribution in [2.24, 2.45) is 0 Å². The van der Waals surface area contributed by atoms with Crippen molar-refractivity contribution in [3.63, 3.8) is 0 Å². The molecule has 9 nitrogen and oxygen atoms in total. The Balaban J connectivity index is 1.63. The van der Waals surface area contributed by atoms with Gasteiger partial charge in [-0.25, -0.2) is 4.68 Å². The molecule has 2 heterocycles. The number of aliphatic hydroxyl groups is 1. The molecule has 1 aliphatic carbocycles. The Morgan fingerprint density at radius 1 is 1.11 bits per heavy atom. The van der Waals surface area contributed by atoms with E-state index in [-0.39, 0.29) is 24.2 Å². The van der Waals surface area contributed by atoms with Gasteiger partial charge >= 0.3 is 0 Å². The van der Waals surface area contributed by atoms with Crippen molar-refractivity contribution in [3.05, 3.63) is 63.8 Å². The molecule has 2 aromatic heterocycles. The number of aromatic nitrogens is 6. The summed E-state index contributed by atoms with van der Waals surface area (Å²) in [5.74, 6) is 0.239. The summed E-state index contributed by atoms with van der Waals surface area (Å²) in [5.41, 5.74) is 3.26. The van der Waals surface area contributed by atoms with Crippen molar-refractivity contribution in [2.45, 2.75) is 44.8 Å². The van der Waals surface area contributed by atoms with Gasteiger partial charge in [-0.3, -0.25) is 4.79 Å². The predicted molar refractivity (Wildman–Crippen MR) is 137 cm³/mol. The maximum absolute atomic E-state index is 13.7. The lowest BCUT2D eigenvalue weighted by atomic mass is 9.94. The van der Waals surface area contributed by atoms with Gasteiger partial charge in [0.25, 0.3) is 5.91 Å². The van der Waals surface area contributed by atoms with Gasteiger partial charge < -0.3 is 10.0 Å². The van der Waals surface area contributed by atoms with Crippen LogP contribution in [-0.4, -0.2) is 59.4 Å². The number of nitrogens with one attached hydrogen (secondary N) is 1. The van der Waals surface area contributed by atoms with Gasteiger partial charge in [0.2, 0.25) is 5.82 Å². The van der Waals surface area contributed by atoms with Gasteiger partial charge in [0, 0.05) is 34.8 Å². The molecule has 0 bridgehead atoms. The van der Waals surface area contributed by atoms with E-state index in [1.165, 1.54) is 6.42 Å². The van der Waals surface area contributed by atoms with Gasteiger partial charge in [-0.15, -0.1) is 10.2 Å². The van der Waals surface area contributed by atoms with Crippen LogP contribution in [-0.2, 0) is 6.61 Å². The Bertz CT molecular complexity index is 1360. The van der Waals surface area contributed by atoms with Crippen molar-refractivity contribution < 1.29 is 9.90 Å². The highest BCUT2D eigenvalue weighted by molar-refractivity contribution is 6.35. The monoisotopic (exact) mass is 525 g/mol. The van der Waals surface area contributed by atoms with E-state index in [1.54, 1.807) is 27.8 Å². The molecule has 5 rings (SSSR count). The molecule has 0 saturated heterocycles. The van der Waals surface area contributed by atoms with E-state index < -0.39 is 0 Å². The number of aliphatic hydroxyl groups excluding tert-OH is 1. The smallest absolute Gasteiger partial charge is 0.274 e. The standard InChI is InChI=1S/C25H25Cl2N7O2/c1-33(18-5-3-2-4-6-18)25(36)22-19(14-35)23(34(30-22)21-12-11-17(26)13-20(21)27)15-7-9-16(10-8-15)24-28-31-32-29-24/h7-13,18,35H,2-6,14H2,1H3,(H,28,29,31,32). The molecule has 4 aromatic rings. The number of tetrazole rings is 1. The first-order valence-electron chi connectivity index (χ1n) is 11.8. The van der Waals surface area contributed by atoms with Crippen LogP contribution >= 0.6 is 23.2 Å². The van der Waals surface area contributed by atoms with E-state index >= 15 is 0 Å². The SMILES string of the molecule is CN(C(=O)c1nn(-c2ccc(Cl)cc2Cl)c(-c2ccc(-c3nn[nH]n3)cc2)c1CO)C1CCCCC1. The molecule has 2 N–H and O–H groups in total. The number of hydrogen-bond acceptors (Lipinski definition) is 6. The fourth-order valence-corrected chi connectivity index (χ4v) is 5.25. The van der Waals surface area contributed by atoms with Crippen LogP contribution in [0.15, 0.2) is 42.5 Å². The molecule has 36 heavy (non-hydrogen) atoms. The molecule has 1 saturated carbocycles. The Kier molecular flexibility index (Phi) is 7.04. The summed E-state index contributed by atoms with van der Waals surface area (Å²) < 4.78 is 1.61. The summed E-state index contributed by atoms with van der Waals surface area (Å²) in [6.45, 7) is -0.368. The molecular weight excluding hydrogens is 501 g/mol. The molecule has 11 heteroatoms. The van der Waals surface area contributed by atoms with Gasteiger partial charge in [0.15, 0.2) is 5.69 Å². The molecule has 0 spiro atoms. The average Bonchev–Trinajstić information content (AvgIpc) is 3.57. The van der Waals surface area contributed by atoms with Crippen LogP contribution in [0.2, 0.25) is 10.0 Å². The lowest BCUT2D eigenvalue weighted by Gasteiger charge is -2.30. The Labute approximate surface area is 218 Å². The quantitative estimate of drug-likeness (QED) is 0.369. The molecular formula is C25H25Cl2N7O2. The van der Waals surface area contributed by atoms with Crippen molar-refractivity contribution >= 4 is 29.1 Å². The molecule has 0 aliphatic heterocycles. The second-order valence-electron chi connectivity index (χ2n) is 8.86. The van der Waals surface area contributed by atoms with Crippen molar-refractivity contribution in [3.8, 4) is 28.3 Å². The molecule has 186 valence electrons. The maximum atomic E-state index is 13.7. The van der Waals surface area contributed by atoms with Gasteiger partial charge in [-0.05, 0) is 36.3 Å². The van der Waals surface area contributed by atoms with Crippen LogP contribution < -0.4 is 0 Å². The van der Waals surface area contributed by atoms with E-state index in [0.29, 0.717) is 32.8 Å². The van der Waals surface area contributed by atoms with Crippen LogP contribution in [0.5, 0.6) is 0 Å². The summed E-state index contributed by atoms with van der Waals surface area (Å²) in [5, 5.41) is 30.1. The molecule has 1 amide bonds. The van der Waals surface area contributed by atoms with E-state index in [9.17, 15) is 9.90 Å². The first-order valence-corrected chi connectivity index (χ1v) is 12.5. The van der Waals surface area contributed by atoms with Crippen molar-refractivity contribution in [2.75, 3.05) is 7.05 Å². The van der Waals surface area contributed by atoms with Gasteiger partial charge in [0.05, 0.1) is 23.0 Å². The number of carbonyl (C=O) groups is 1. The first kappa shape index (κ1) is 24.4. The van der Waals surface area contributed by atoms with E-state index in [2.05, 4.69) is 20.6 Å². The van der Waals surface area contributed by atoms with E-state index in [4.69, 9.17) is 28.3 Å². The molecule has 1 fully saturated rings. The normalized spacial score (nSPS) is 14.2. The molecule has 2 aromatic carbocycles. The highest BCUT2D eigenvalue weighted by Gasteiger charge is 2.30. The van der Waals surface area contributed by atoms with Gasteiger partial charge in [-0.1, -0.05) is 66.7 Å². The highest BCUT2D eigenvalue weighted by atomic mass is 35.5. The van der Waals surface area contributed by atoms with E-state index in [1.807, 2.05) is 31.3 Å². The van der Waals surface area contributed by atoms with Crippen LogP contribution in [0.4, 0.5) is 0 Å². The number of aromatic amines is 1. The second-order valence-corrected chi connectivity index (χ2v) is 9.71. The Hall–Kier alpha value is -3.27. The number of H-pyrrole nitrogens is 1. The summed E-state index contributed by atoms with van der Waals surface area (Å²) >= 11 is 12.7. The van der Waals surface area contributed by atoms with Crippen LogP contribution in [0.3, 0.4) is 0 Å². The minimum absolute atomic E-state index is 0.153. The zero-order valence-corrected chi connectivity index (χ0v) is 21.2. The van der Waals surface area contributed by atoms with Crippen molar-refractivity contribution in [1.82, 2.24) is 35.3 Å². The molecule has 0 unspecified atom stereocenters. The highest BCUT2D eigenvalue weighted by Crippen LogP contribution is 2.35. The largest absolute Gasteiger partial charge is 0.392 e. The predicted octanol–water partition coefficient (Wildman–Crippen LogP) is 4.92. The number of halogens is 2. The van der Waals surface area contributed by atoms with Gasteiger partial charge in [0.1, 0.15) is 0 Å². The van der Waals surface area contributed by atoms with Crippen LogP contribution in [0.1, 0.15) is 48.2 Å². The Morgan fingerprint density at radius 2 is 1.83 bits per heavy atom. The Morgan fingerprint density at radius 3 is 2.47 bits per heavy atom. The average molecular weight is 526 g/mol. The molecule has 0 atom stereocenters. The minimum Gasteiger partial charge on any atom is -0.392 e. The van der Waals surface area contributed by atoms with Gasteiger partial charge in [-0.2, -0.15) is 10.3 Å². The summed E-state index contributed by atoms with van der Waals surface area (Å²) in [6, 6.07) is 12.6. The summed E-state index contributed by atoms with van der Waals surface area (Å²) in [4.78, 5) is 15.4. The zero-order valence-electron chi connectivity index (χ0n) is 19.7. The lowest BCUT2D eigenvalue weighted by molar-refractivity contribution is 0.0686. The van der Waals surface area contributed by atoms with Crippen LogP contribution in [0.25, 0.3) is 28.3 Å². The van der Waals surface area contributed by atoms with E-state index in [0.717, 1.165) is 36.8 Å². The fraction of sp³-hybridized carbons (Fsp3) is 0.320. The van der Waals surface area contributed by atoms with Crippen molar-refractivity contribution in [1.29, 1.82) is 0 Å². The first-order chi connectivity index (χ1) is 17.5. The number of rotatable bonds is 6. The lowest BCUT2D eigenvalue weighted by Crippen LogP contribution is -2.38.